The largest absolute Gasteiger partial charge is 0.495 e. The van der Waals surface area contributed by atoms with Gasteiger partial charge in [-0.3, -0.25) is 4.79 Å². The molecule has 0 heterocycles. The molecule has 1 aliphatic carbocycles. The standard InChI is InChI=1S/C20H24N2O4S/c1-26-18-12-11-16(20(23)22-17-9-5-6-10-17)13-19(18)27(24,25)21-14-15-7-3-2-4-8-15/h2-4,7-8,11-13,17,21H,5-6,9-10,14H2,1H3,(H,22,23). The number of carbonyl (C=O) groups is 1. The number of sulfonamides is 1. The molecule has 1 fully saturated rings. The summed E-state index contributed by atoms with van der Waals surface area (Å²) in [7, 11) is -2.43. The smallest absolute Gasteiger partial charge is 0.251 e. The van der Waals surface area contributed by atoms with Gasteiger partial charge in [-0.15, -0.1) is 0 Å². The molecule has 3 rings (SSSR count). The zero-order valence-electron chi connectivity index (χ0n) is 15.3. The molecule has 6 nitrogen and oxygen atoms in total. The van der Waals surface area contributed by atoms with Crippen LogP contribution < -0.4 is 14.8 Å². The highest BCUT2D eigenvalue weighted by Crippen LogP contribution is 2.26. The third-order valence-corrected chi connectivity index (χ3v) is 6.14. The third kappa shape index (κ3) is 4.87. The molecule has 0 aromatic heterocycles. The minimum Gasteiger partial charge on any atom is -0.495 e. The quantitative estimate of drug-likeness (QED) is 0.764. The second kappa shape index (κ2) is 8.54. The number of ether oxygens (including phenoxy) is 1. The minimum atomic E-state index is -3.84. The lowest BCUT2D eigenvalue weighted by molar-refractivity contribution is 0.0937. The zero-order valence-corrected chi connectivity index (χ0v) is 16.1. The molecule has 0 bridgehead atoms. The van der Waals surface area contributed by atoms with Crippen LogP contribution in [0.15, 0.2) is 53.4 Å². The van der Waals surface area contributed by atoms with E-state index in [0.717, 1.165) is 31.2 Å². The van der Waals surface area contributed by atoms with Gasteiger partial charge in [0.25, 0.3) is 5.91 Å². The normalized spacial score (nSPS) is 14.9. The van der Waals surface area contributed by atoms with E-state index in [1.807, 2.05) is 30.3 Å². The maximum Gasteiger partial charge on any atom is 0.251 e. The van der Waals surface area contributed by atoms with Crippen LogP contribution >= 0.6 is 0 Å². The van der Waals surface area contributed by atoms with Gasteiger partial charge in [0, 0.05) is 18.2 Å². The first-order valence-corrected chi connectivity index (χ1v) is 10.5. The van der Waals surface area contributed by atoms with Gasteiger partial charge in [-0.1, -0.05) is 43.2 Å². The second-order valence-electron chi connectivity index (χ2n) is 6.63. The Bertz CT molecular complexity index is 891. The van der Waals surface area contributed by atoms with Crippen molar-refractivity contribution < 1.29 is 17.9 Å². The van der Waals surface area contributed by atoms with E-state index in [-0.39, 0.29) is 29.1 Å². The Hall–Kier alpha value is -2.38. The van der Waals surface area contributed by atoms with E-state index in [0.29, 0.717) is 5.56 Å². The van der Waals surface area contributed by atoms with Crippen LogP contribution in [0, 0.1) is 0 Å². The zero-order chi connectivity index (χ0) is 19.3. The van der Waals surface area contributed by atoms with E-state index in [2.05, 4.69) is 10.0 Å². The van der Waals surface area contributed by atoms with E-state index < -0.39 is 10.0 Å². The molecule has 7 heteroatoms. The van der Waals surface area contributed by atoms with Crippen LogP contribution in [0.5, 0.6) is 5.75 Å². The molecule has 0 spiro atoms. The molecule has 0 radical (unpaired) electrons. The predicted molar refractivity (Wildman–Crippen MR) is 103 cm³/mol. The highest BCUT2D eigenvalue weighted by atomic mass is 32.2. The summed E-state index contributed by atoms with van der Waals surface area (Å²) in [6.45, 7) is 0.158. The van der Waals surface area contributed by atoms with E-state index >= 15 is 0 Å². The molecule has 2 aromatic carbocycles. The highest BCUT2D eigenvalue weighted by Gasteiger charge is 2.23. The van der Waals surface area contributed by atoms with Gasteiger partial charge in [0.05, 0.1) is 7.11 Å². The molecule has 0 aliphatic heterocycles. The van der Waals surface area contributed by atoms with Gasteiger partial charge in [0.1, 0.15) is 10.6 Å². The number of nitrogens with one attached hydrogen (secondary N) is 2. The molecule has 1 amide bonds. The fourth-order valence-electron chi connectivity index (χ4n) is 3.22. The monoisotopic (exact) mass is 388 g/mol. The first-order chi connectivity index (χ1) is 13.0. The number of carbonyl (C=O) groups excluding carboxylic acids is 1. The van der Waals surface area contributed by atoms with Crippen LogP contribution in [-0.2, 0) is 16.6 Å². The van der Waals surface area contributed by atoms with Crippen LogP contribution in [0.1, 0.15) is 41.6 Å². The molecule has 0 unspecified atom stereocenters. The maximum atomic E-state index is 12.8. The number of rotatable bonds is 7. The highest BCUT2D eigenvalue weighted by molar-refractivity contribution is 7.89. The fourth-order valence-corrected chi connectivity index (χ4v) is 4.43. The summed E-state index contributed by atoms with van der Waals surface area (Å²) in [5.74, 6) is -0.0583. The van der Waals surface area contributed by atoms with Gasteiger partial charge >= 0.3 is 0 Å². The molecule has 27 heavy (non-hydrogen) atoms. The average Bonchev–Trinajstić information content (AvgIpc) is 3.19. The molecule has 0 saturated heterocycles. The predicted octanol–water partition coefficient (Wildman–Crippen LogP) is 2.85. The van der Waals surface area contributed by atoms with E-state index in [9.17, 15) is 13.2 Å². The van der Waals surface area contributed by atoms with Gasteiger partial charge in [0.2, 0.25) is 10.0 Å². The Morgan fingerprint density at radius 2 is 1.81 bits per heavy atom. The lowest BCUT2D eigenvalue weighted by Gasteiger charge is -2.15. The average molecular weight is 388 g/mol. The number of benzene rings is 2. The summed E-state index contributed by atoms with van der Waals surface area (Å²) in [5.41, 5.74) is 1.15. The topological polar surface area (TPSA) is 84.5 Å². The summed E-state index contributed by atoms with van der Waals surface area (Å²) in [4.78, 5) is 12.4. The Kier molecular flexibility index (Phi) is 6.13. The van der Waals surface area contributed by atoms with Crippen molar-refractivity contribution in [3.63, 3.8) is 0 Å². The van der Waals surface area contributed by atoms with Crippen molar-refractivity contribution in [1.29, 1.82) is 0 Å². The second-order valence-corrected chi connectivity index (χ2v) is 8.37. The van der Waals surface area contributed by atoms with Crippen LogP contribution in [0.25, 0.3) is 0 Å². The Balaban J connectivity index is 1.80. The maximum absolute atomic E-state index is 12.8. The molecule has 144 valence electrons. The van der Waals surface area contributed by atoms with Crippen molar-refractivity contribution in [2.45, 2.75) is 43.2 Å². The summed E-state index contributed by atoms with van der Waals surface area (Å²) in [6.07, 6.45) is 4.14. The molecule has 1 aliphatic rings. The third-order valence-electron chi connectivity index (χ3n) is 4.71. The van der Waals surface area contributed by atoms with Crippen LogP contribution in [0.3, 0.4) is 0 Å². The van der Waals surface area contributed by atoms with Crippen molar-refractivity contribution in [3.05, 3.63) is 59.7 Å². The van der Waals surface area contributed by atoms with Crippen molar-refractivity contribution in [2.24, 2.45) is 0 Å². The molecular weight excluding hydrogens is 364 g/mol. The summed E-state index contributed by atoms with van der Waals surface area (Å²) >= 11 is 0. The molecule has 0 atom stereocenters. The van der Waals surface area contributed by atoms with Gasteiger partial charge in [0.15, 0.2) is 0 Å². The Labute approximate surface area is 160 Å². The molecule has 1 saturated carbocycles. The summed E-state index contributed by atoms with van der Waals surface area (Å²) in [6, 6.07) is 13.9. The van der Waals surface area contributed by atoms with E-state index in [4.69, 9.17) is 4.74 Å². The lowest BCUT2D eigenvalue weighted by atomic mass is 10.1. The Morgan fingerprint density at radius 3 is 2.48 bits per heavy atom. The molecular formula is C20H24N2O4S. The molecule has 2 aromatic rings. The van der Waals surface area contributed by atoms with E-state index in [1.54, 1.807) is 6.07 Å². The lowest BCUT2D eigenvalue weighted by Crippen LogP contribution is -2.32. The number of amides is 1. The first kappa shape index (κ1) is 19.4. The number of hydrogen-bond donors (Lipinski definition) is 2. The van der Waals surface area contributed by atoms with Gasteiger partial charge in [-0.2, -0.15) is 0 Å². The van der Waals surface area contributed by atoms with E-state index in [1.165, 1.54) is 19.2 Å². The Morgan fingerprint density at radius 1 is 1.11 bits per heavy atom. The summed E-state index contributed by atoms with van der Waals surface area (Å²) in [5, 5.41) is 2.97. The van der Waals surface area contributed by atoms with Crippen molar-refractivity contribution in [3.8, 4) is 5.75 Å². The van der Waals surface area contributed by atoms with Crippen LogP contribution in [0.2, 0.25) is 0 Å². The number of hydrogen-bond acceptors (Lipinski definition) is 4. The van der Waals surface area contributed by atoms with Gasteiger partial charge < -0.3 is 10.1 Å². The van der Waals surface area contributed by atoms with Crippen LogP contribution in [-0.4, -0.2) is 27.5 Å². The van der Waals surface area contributed by atoms with Gasteiger partial charge in [-0.25, -0.2) is 13.1 Å². The summed E-state index contributed by atoms with van der Waals surface area (Å²) < 4.78 is 33.3. The molecule has 2 N–H and O–H groups in total. The SMILES string of the molecule is COc1ccc(C(=O)NC2CCCC2)cc1S(=O)(=O)NCc1ccccc1. The van der Waals surface area contributed by atoms with Crippen LogP contribution in [0.4, 0.5) is 0 Å². The fraction of sp³-hybridized carbons (Fsp3) is 0.350. The first-order valence-electron chi connectivity index (χ1n) is 9.02. The number of methoxy groups -OCH3 is 1. The van der Waals surface area contributed by atoms with Gasteiger partial charge in [-0.05, 0) is 36.6 Å². The minimum absolute atomic E-state index is 0.0417. The van der Waals surface area contributed by atoms with Crippen molar-refractivity contribution in [2.75, 3.05) is 7.11 Å². The van der Waals surface area contributed by atoms with Crippen molar-refractivity contribution in [1.82, 2.24) is 10.0 Å². The van der Waals surface area contributed by atoms with Crippen molar-refractivity contribution >= 4 is 15.9 Å².